The zero-order valence-corrected chi connectivity index (χ0v) is 16.2. The second-order valence-corrected chi connectivity index (χ2v) is 7.46. The zero-order valence-electron chi connectivity index (χ0n) is 16.2. The van der Waals surface area contributed by atoms with Crippen LogP contribution in [0.1, 0.15) is 31.9 Å². The molecule has 1 N–H and O–H groups in total. The maximum absolute atomic E-state index is 13.6. The molecular weight excluding hydrogens is 377 g/mol. The number of nitrogens with one attached hydrogen (secondary N) is 1. The number of carbonyl (C=O) groups is 1. The summed E-state index contributed by atoms with van der Waals surface area (Å²) in [6.07, 6.45) is 2.77. The molecule has 1 amide bonds. The molecule has 10 heteroatoms. The Labute approximate surface area is 166 Å². The average Bonchev–Trinajstić information content (AvgIpc) is 3.31. The highest BCUT2D eigenvalue weighted by molar-refractivity contribution is 5.90. The first-order valence-corrected chi connectivity index (χ1v) is 9.51. The predicted molar refractivity (Wildman–Crippen MR) is 106 cm³/mol. The van der Waals surface area contributed by atoms with Crippen LogP contribution < -0.4 is 15.8 Å². The van der Waals surface area contributed by atoms with Gasteiger partial charge in [-0.1, -0.05) is 13.8 Å². The van der Waals surface area contributed by atoms with E-state index in [0.717, 1.165) is 4.68 Å². The number of hydrogen-bond acceptors (Lipinski definition) is 6. The van der Waals surface area contributed by atoms with Crippen LogP contribution in [0.2, 0.25) is 0 Å². The highest BCUT2D eigenvalue weighted by atomic mass is 19.1. The van der Waals surface area contributed by atoms with Crippen LogP contribution in [-0.4, -0.2) is 49.5 Å². The summed E-state index contributed by atoms with van der Waals surface area (Å²) in [5.74, 6) is -0.353. The quantitative estimate of drug-likeness (QED) is 0.700. The fraction of sp³-hybridized carbons (Fsp3) is 0.421. The smallest absolute Gasteiger partial charge is 0.269 e. The van der Waals surface area contributed by atoms with Gasteiger partial charge in [0.05, 0.1) is 17.1 Å². The molecule has 0 spiro atoms. The van der Waals surface area contributed by atoms with E-state index in [4.69, 9.17) is 0 Å². The number of nitrogens with zero attached hydrogens (tertiary/aromatic N) is 6. The van der Waals surface area contributed by atoms with Crippen LogP contribution in [0, 0.1) is 0 Å². The molecule has 4 heterocycles. The van der Waals surface area contributed by atoms with Crippen molar-refractivity contribution in [1.82, 2.24) is 24.4 Å². The molecule has 0 radical (unpaired) electrons. The standard InChI is InChI=1S/C19H22FN7O2/c1-12(2)19-15(25-6-5-13(20)8-25)7-18(29)27(24-19)10-17(28)22-14-3-4-16-23-21-11-26(16)9-14/h3-4,7,9,11-13H,5-6,8,10H2,1-2H3,(H,22,28)/t13-/m0/s1. The molecule has 0 aromatic carbocycles. The number of rotatable bonds is 5. The van der Waals surface area contributed by atoms with E-state index in [-0.39, 0.29) is 24.9 Å². The van der Waals surface area contributed by atoms with Crippen molar-refractivity contribution in [2.24, 2.45) is 0 Å². The van der Waals surface area contributed by atoms with Gasteiger partial charge in [0.25, 0.3) is 5.56 Å². The van der Waals surface area contributed by atoms with Crippen molar-refractivity contribution in [3.63, 3.8) is 0 Å². The molecule has 0 saturated carbocycles. The van der Waals surface area contributed by atoms with E-state index in [0.29, 0.717) is 35.7 Å². The Morgan fingerprint density at radius 2 is 2.21 bits per heavy atom. The lowest BCUT2D eigenvalue weighted by molar-refractivity contribution is -0.117. The van der Waals surface area contributed by atoms with Gasteiger partial charge in [0.2, 0.25) is 5.91 Å². The minimum atomic E-state index is -0.897. The summed E-state index contributed by atoms with van der Waals surface area (Å²) in [5, 5.41) is 14.9. The summed E-state index contributed by atoms with van der Waals surface area (Å²) < 4.78 is 16.4. The molecule has 1 aliphatic heterocycles. The van der Waals surface area contributed by atoms with Crippen LogP contribution >= 0.6 is 0 Å². The molecular formula is C19H22FN7O2. The number of halogens is 1. The van der Waals surface area contributed by atoms with Crippen molar-refractivity contribution in [3.05, 3.63) is 46.8 Å². The summed E-state index contributed by atoms with van der Waals surface area (Å²) in [6.45, 7) is 4.51. The highest BCUT2D eigenvalue weighted by Gasteiger charge is 2.26. The lowest BCUT2D eigenvalue weighted by Crippen LogP contribution is -2.33. The molecule has 1 aliphatic rings. The summed E-state index contributed by atoms with van der Waals surface area (Å²) in [6, 6.07) is 4.89. The number of hydrogen-bond donors (Lipinski definition) is 1. The molecule has 152 valence electrons. The topological polar surface area (TPSA) is 97.4 Å². The Morgan fingerprint density at radius 1 is 1.38 bits per heavy atom. The Kier molecular flexibility index (Phi) is 4.99. The van der Waals surface area contributed by atoms with Crippen molar-refractivity contribution in [1.29, 1.82) is 0 Å². The third-order valence-corrected chi connectivity index (χ3v) is 4.89. The minimum Gasteiger partial charge on any atom is -0.367 e. The van der Waals surface area contributed by atoms with Crippen molar-refractivity contribution in [2.45, 2.75) is 38.9 Å². The van der Waals surface area contributed by atoms with Gasteiger partial charge in [0.15, 0.2) is 5.65 Å². The van der Waals surface area contributed by atoms with E-state index in [1.54, 1.807) is 22.7 Å². The lowest BCUT2D eigenvalue weighted by atomic mass is 10.1. The fourth-order valence-electron chi connectivity index (χ4n) is 3.45. The van der Waals surface area contributed by atoms with Gasteiger partial charge >= 0.3 is 0 Å². The Hall–Kier alpha value is -3.30. The normalized spacial score (nSPS) is 16.7. The number of fused-ring (bicyclic) bond motifs is 1. The first-order chi connectivity index (χ1) is 13.9. The second-order valence-electron chi connectivity index (χ2n) is 7.46. The summed E-state index contributed by atoms with van der Waals surface area (Å²) in [4.78, 5) is 26.9. The van der Waals surface area contributed by atoms with Crippen LogP contribution in [0.15, 0.2) is 35.5 Å². The zero-order chi connectivity index (χ0) is 20.5. The van der Waals surface area contributed by atoms with Crippen LogP contribution in [0.3, 0.4) is 0 Å². The Bertz CT molecular complexity index is 1110. The molecule has 1 saturated heterocycles. The van der Waals surface area contributed by atoms with Crippen LogP contribution in [-0.2, 0) is 11.3 Å². The lowest BCUT2D eigenvalue weighted by Gasteiger charge is -2.22. The van der Waals surface area contributed by atoms with Crippen molar-refractivity contribution < 1.29 is 9.18 Å². The molecule has 0 aliphatic carbocycles. The first-order valence-electron chi connectivity index (χ1n) is 9.51. The van der Waals surface area contributed by atoms with Gasteiger partial charge < -0.3 is 10.2 Å². The van der Waals surface area contributed by atoms with E-state index in [1.807, 2.05) is 18.7 Å². The number of anilines is 2. The average molecular weight is 399 g/mol. The van der Waals surface area contributed by atoms with Gasteiger partial charge in [-0.3, -0.25) is 14.0 Å². The molecule has 1 atom stereocenters. The predicted octanol–water partition coefficient (Wildman–Crippen LogP) is 1.60. The maximum Gasteiger partial charge on any atom is 0.269 e. The van der Waals surface area contributed by atoms with Gasteiger partial charge in [-0.25, -0.2) is 9.07 Å². The van der Waals surface area contributed by atoms with E-state index in [9.17, 15) is 14.0 Å². The summed E-state index contributed by atoms with van der Waals surface area (Å²) >= 11 is 0. The number of aromatic nitrogens is 5. The second kappa shape index (κ2) is 7.61. The van der Waals surface area contributed by atoms with E-state index in [1.165, 1.54) is 12.4 Å². The molecule has 4 rings (SSSR count). The Balaban J connectivity index is 1.55. The third kappa shape index (κ3) is 3.96. The number of pyridine rings is 1. The third-order valence-electron chi connectivity index (χ3n) is 4.89. The molecule has 1 fully saturated rings. The van der Waals surface area contributed by atoms with Crippen molar-refractivity contribution in [3.8, 4) is 0 Å². The molecule has 3 aromatic rings. The SMILES string of the molecule is CC(C)c1nn(CC(=O)Nc2ccc3nncn3c2)c(=O)cc1N1CC[C@H](F)C1. The van der Waals surface area contributed by atoms with Crippen LogP contribution in [0.25, 0.3) is 5.65 Å². The summed E-state index contributed by atoms with van der Waals surface area (Å²) in [7, 11) is 0. The summed E-state index contributed by atoms with van der Waals surface area (Å²) in [5.41, 5.74) is 2.16. The van der Waals surface area contributed by atoms with Crippen LogP contribution in [0.4, 0.5) is 15.8 Å². The van der Waals surface area contributed by atoms with Gasteiger partial charge in [-0.2, -0.15) is 5.10 Å². The van der Waals surface area contributed by atoms with Gasteiger partial charge in [-0.15, -0.1) is 10.2 Å². The molecule has 0 unspecified atom stereocenters. The number of carbonyl (C=O) groups excluding carboxylic acids is 1. The molecule has 0 bridgehead atoms. The maximum atomic E-state index is 13.6. The first kappa shape index (κ1) is 19.0. The highest BCUT2D eigenvalue weighted by Crippen LogP contribution is 2.27. The molecule has 3 aromatic heterocycles. The van der Waals surface area contributed by atoms with Gasteiger partial charge in [0, 0.05) is 25.4 Å². The van der Waals surface area contributed by atoms with Gasteiger partial charge in [-0.05, 0) is 24.5 Å². The Morgan fingerprint density at radius 3 is 2.93 bits per heavy atom. The number of alkyl halides is 1. The van der Waals surface area contributed by atoms with Crippen molar-refractivity contribution >= 4 is 22.9 Å². The van der Waals surface area contributed by atoms with Crippen molar-refractivity contribution in [2.75, 3.05) is 23.3 Å². The monoisotopic (exact) mass is 399 g/mol. The van der Waals surface area contributed by atoms with Crippen LogP contribution in [0.5, 0.6) is 0 Å². The van der Waals surface area contributed by atoms with E-state index in [2.05, 4.69) is 20.6 Å². The van der Waals surface area contributed by atoms with E-state index < -0.39 is 11.7 Å². The molecule has 29 heavy (non-hydrogen) atoms. The number of amides is 1. The largest absolute Gasteiger partial charge is 0.367 e. The van der Waals surface area contributed by atoms with E-state index >= 15 is 0 Å². The molecule has 9 nitrogen and oxygen atoms in total. The fourth-order valence-corrected chi connectivity index (χ4v) is 3.45. The van der Waals surface area contributed by atoms with Gasteiger partial charge in [0.1, 0.15) is 19.0 Å². The minimum absolute atomic E-state index is 0.0229.